The Morgan fingerprint density at radius 2 is 1.69 bits per heavy atom. The molecule has 0 saturated heterocycles. The molecule has 0 saturated carbocycles. The molecule has 88 valence electrons. The van der Waals surface area contributed by atoms with E-state index in [1.165, 1.54) is 21.3 Å². The predicted molar refractivity (Wildman–Crippen MR) is 58.9 cm³/mol. The lowest BCUT2D eigenvalue weighted by molar-refractivity contribution is -0.227. The zero-order valence-corrected chi connectivity index (χ0v) is 9.73. The Bertz CT molecular complexity index is 330. The van der Waals surface area contributed by atoms with Crippen LogP contribution in [-0.2, 0) is 25.4 Å². The number of carbonyl (C=O) groups excluding carboxylic acids is 1. The molecular formula is C12H16O4. The fraction of sp³-hybridized carbons (Fsp3) is 0.417. The van der Waals surface area contributed by atoms with Gasteiger partial charge in [-0.3, -0.25) is 0 Å². The van der Waals surface area contributed by atoms with Crippen molar-refractivity contribution in [1.82, 2.24) is 0 Å². The minimum absolute atomic E-state index is 0.313. The largest absolute Gasteiger partial charge is 0.465 e. The van der Waals surface area contributed by atoms with E-state index >= 15 is 0 Å². The van der Waals surface area contributed by atoms with Crippen LogP contribution >= 0.6 is 0 Å². The van der Waals surface area contributed by atoms with Gasteiger partial charge in [0.2, 0.25) is 0 Å². The topological polar surface area (TPSA) is 44.8 Å². The van der Waals surface area contributed by atoms with Crippen molar-refractivity contribution in [1.29, 1.82) is 0 Å². The standard InChI is InChI=1S/C12H16O4/c1-14-11(13)12(15-2,16-3)9-10-7-5-4-6-8-10/h4-8H,9H2,1-3H3. The van der Waals surface area contributed by atoms with E-state index in [9.17, 15) is 4.79 Å². The fourth-order valence-corrected chi connectivity index (χ4v) is 1.49. The molecule has 0 atom stereocenters. The average Bonchev–Trinajstić information content (AvgIpc) is 2.36. The van der Waals surface area contributed by atoms with Crippen LogP contribution in [0.2, 0.25) is 0 Å². The summed E-state index contributed by atoms with van der Waals surface area (Å²) in [4.78, 5) is 11.6. The molecule has 1 aromatic rings. The van der Waals surface area contributed by atoms with Crippen molar-refractivity contribution < 1.29 is 19.0 Å². The molecule has 0 bridgehead atoms. The van der Waals surface area contributed by atoms with E-state index < -0.39 is 11.8 Å². The van der Waals surface area contributed by atoms with Crippen LogP contribution in [0.5, 0.6) is 0 Å². The summed E-state index contributed by atoms with van der Waals surface area (Å²) in [5.41, 5.74) is 0.941. The van der Waals surface area contributed by atoms with Crippen LogP contribution in [0.25, 0.3) is 0 Å². The van der Waals surface area contributed by atoms with E-state index in [1.54, 1.807) is 0 Å². The van der Waals surface area contributed by atoms with Gasteiger partial charge in [-0.05, 0) is 5.56 Å². The zero-order chi connectivity index (χ0) is 12.0. The molecule has 0 N–H and O–H groups in total. The van der Waals surface area contributed by atoms with Gasteiger partial charge >= 0.3 is 5.97 Å². The third-order valence-electron chi connectivity index (χ3n) is 2.44. The van der Waals surface area contributed by atoms with Crippen LogP contribution in [0, 0.1) is 0 Å². The highest BCUT2D eigenvalue weighted by Gasteiger charge is 2.40. The second-order valence-corrected chi connectivity index (χ2v) is 3.32. The summed E-state index contributed by atoms with van der Waals surface area (Å²) in [5.74, 6) is -1.91. The monoisotopic (exact) mass is 224 g/mol. The zero-order valence-electron chi connectivity index (χ0n) is 9.73. The summed E-state index contributed by atoms with van der Waals surface area (Å²) < 4.78 is 15.0. The Hall–Kier alpha value is -1.39. The summed E-state index contributed by atoms with van der Waals surface area (Å²) in [7, 11) is 4.15. The van der Waals surface area contributed by atoms with E-state index in [2.05, 4.69) is 4.74 Å². The van der Waals surface area contributed by atoms with Gasteiger partial charge in [-0.1, -0.05) is 30.3 Å². The van der Waals surface area contributed by atoms with Crippen LogP contribution in [0.3, 0.4) is 0 Å². The molecule has 0 aliphatic heterocycles. The normalized spacial score (nSPS) is 11.2. The second kappa shape index (κ2) is 5.63. The molecule has 0 aliphatic carbocycles. The van der Waals surface area contributed by atoms with Crippen molar-refractivity contribution in [3.05, 3.63) is 35.9 Å². The highest BCUT2D eigenvalue weighted by Crippen LogP contribution is 2.19. The van der Waals surface area contributed by atoms with Crippen LogP contribution < -0.4 is 0 Å². The van der Waals surface area contributed by atoms with Gasteiger partial charge in [-0.25, -0.2) is 4.79 Å². The molecule has 0 radical (unpaired) electrons. The fourth-order valence-electron chi connectivity index (χ4n) is 1.49. The van der Waals surface area contributed by atoms with Gasteiger partial charge in [0, 0.05) is 20.6 Å². The van der Waals surface area contributed by atoms with Gasteiger partial charge in [0.15, 0.2) is 0 Å². The number of hydrogen-bond acceptors (Lipinski definition) is 4. The molecule has 0 heterocycles. The summed E-state index contributed by atoms with van der Waals surface area (Å²) in [5, 5.41) is 0. The molecule has 0 aliphatic rings. The number of esters is 1. The minimum atomic E-state index is -1.36. The molecule has 4 nitrogen and oxygen atoms in total. The van der Waals surface area contributed by atoms with E-state index in [4.69, 9.17) is 9.47 Å². The van der Waals surface area contributed by atoms with Crippen LogP contribution in [0.1, 0.15) is 5.56 Å². The first-order valence-electron chi connectivity index (χ1n) is 4.91. The van der Waals surface area contributed by atoms with Crippen molar-refractivity contribution in [3.8, 4) is 0 Å². The van der Waals surface area contributed by atoms with E-state index in [1.807, 2.05) is 30.3 Å². The molecule has 16 heavy (non-hydrogen) atoms. The van der Waals surface area contributed by atoms with Crippen molar-refractivity contribution in [3.63, 3.8) is 0 Å². The lowest BCUT2D eigenvalue weighted by Gasteiger charge is -2.27. The highest BCUT2D eigenvalue weighted by molar-refractivity contribution is 5.78. The number of carbonyl (C=O) groups is 1. The number of methoxy groups -OCH3 is 3. The quantitative estimate of drug-likeness (QED) is 0.560. The molecule has 4 heteroatoms. The Morgan fingerprint density at radius 1 is 1.12 bits per heavy atom. The molecule has 0 amide bonds. The lowest BCUT2D eigenvalue weighted by atomic mass is 10.1. The molecule has 0 fully saturated rings. The summed E-state index contributed by atoms with van der Waals surface area (Å²) in [6, 6.07) is 9.49. The van der Waals surface area contributed by atoms with E-state index in [0.29, 0.717) is 6.42 Å². The molecule has 0 spiro atoms. The Morgan fingerprint density at radius 3 is 2.12 bits per heavy atom. The van der Waals surface area contributed by atoms with Gasteiger partial charge in [-0.15, -0.1) is 0 Å². The summed E-state index contributed by atoms with van der Waals surface area (Å²) in [6.07, 6.45) is 0.313. The van der Waals surface area contributed by atoms with Crippen molar-refractivity contribution in [2.24, 2.45) is 0 Å². The number of rotatable bonds is 5. The van der Waals surface area contributed by atoms with Crippen molar-refractivity contribution >= 4 is 5.97 Å². The first kappa shape index (κ1) is 12.7. The van der Waals surface area contributed by atoms with Gasteiger partial charge < -0.3 is 14.2 Å². The van der Waals surface area contributed by atoms with Crippen molar-refractivity contribution in [2.45, 2.75) is 12.2 Å². The summed E-state index contributed by atoms with van der Waals surface area (Å²) in [6.45, 7) is 0. The molecule has 1 aromatic carbocycles. The maximum atomic E-state index is 11.6. The Kier molecular flexibility index (Phi) is 4.46. The first-order valence-corrected chi connectivity index (χ1v) is 4.91. The molecular weight excluding hydrogens is 208 g/mol. The Labute approximate surface area is 95.1 Å². The second-order valence-electron chi connectivity index (χ2n) is 3.32. The number of hydrogen-bond donors (Lipinski definition) is 0. The lowest BCUT2D eigenvalue weighted by Crippen LogP contribution is -2.45. The summed E-state index contributed by atoms with van der Waals surface area (Å²) >= 11 is 0. The number of ether oxygens (including phenoxy) is 3. The van der Waals surface area contributed by atoms with E-state index in [0.717, 1.165) is 5.56 Å². The van der Waals surface area contributed by atoms with E-state index in [-0.39, 0.29) is 0 Å². The molecule has 0 aromatic heterocycles. The first-order chi connectivity index (χ1) is 7.68. The van der Waals surface area contributed by atoms with Gasteiger partial charge in [0.05, 0.1) is 7.11 Å². The highest BCUT2D eigenvalue weighted by atomic mass is 16.7. The maximum absolute atomic E-state index is 11.6. The Balaban J connectivity index is 2.91. The number of benzene rings is 1. The smallest absolute Gasteiger partial charge is 0.366 e. The van der Waals surface area contributed by atoms with Crippen molar-refractivity contribution in [2.75, 3.05) is 21.3 Å². The SMILES string of the molecule is COC(=O)C(Cc1ccccc1)(OC)OC. The van der Waals surface area contributed by atoms with Gasteiger partial charge in [0.25, 0.3) is 5.79 Å². The third-order valence-corrected chi connectivity index (χ3v) is 2.44. The van der Waals surface area contributed by atoms with Crippen LogP contribution in [0.15, 0.2) is 30.3 Å². The molecule has 1 rings (SSSR count). The maximum Gasteiger partial charge on any atom is 0.366 e. The predicted octanol–water partition coefficient (Wildman–Crippen LogP) is 1.39. The molecule has 0 unspecified atom stereocenters. The minimum Gasteiger partial charge on any atom is -0.465 e. The third kappa shape index (κ3) is 2.59. The van der Waals surface area contributed by atoms with Gasteiger partial charge in [-0.2, -0.15) is 0 Å². The average molecular weight is 224 g/mol. The van der Waals surface area contributed by atoms with Gasteiger partial charge in [0.1, 0.15) is 0 Å². The van der Waals surface area contributed by atoms with Crippen LogP contribution in [0.4, 0.5) is 0 Å². The van der Waals surface area contributed by atoms with Crippen LogP contribution in [-0.4, -0.2) is 33.1 Å².